The molecule has 6 N–H and O–H groups in total. The number of nitrogens with zero attached hydrogens (tertiary/aromatic N) is 2. The molecule has 1 aromatic heterocycles. The van der Waals surface area contributed by atoms with Crippen LogP contribution in [-0.4, -0.2) is 45.4 Å². The number of nitrogens with two attached hydrogens (primary N) is 2. The third-order valence-corrected chi connectivity index (χ3v) is 6.03. The van der Waals surface area contributed by atoms with Gasteiger partial charge in [0.15, 0.2) is 0 Å². The first-order valence-corrected chi connectivity index (χ1v) is 10.2. The van der Waals surface area contributed by atoms with Crippen LogP contribution >= 0.6 is 23.2 Å². The zero-order valence-corrected chi connectivity index (χ0v) is 17.9. The van der Waals surface area contributed by atoms with Gasteiger partial charge in [0.2, 0.25) is 5.54 Å². The van der Waals surface area contributed by atoms with Crippen LogP contribution < -0.4 is 16.8 Å². The van der Waals surface area contributed by atoms with E-state index >= 15 is 0 Å². The highest BCUT2D eigenvalue weighted by Gasteiger charge is 2.56. The van der Waals surface area contributed by atoms with Gasteiger partial charge in [-0.25, -0.2) is 4.98 Å². The minimum Gasteiger partial charge on any atom is -0.480 e. The lowest BCUT2D eigenvalue weighted by atomic mass is 9.85. The Balaban J connectivity index is 2.08. The number of aromatic nitrogens is 1. The summed E-state index contributed by atoms with van der Waals surface area (Å²) in [6.45, 7) is 0.199. The Hall–Kier alpha value is -2.88. The van der Waals surface area contributed by atoms with Crippen LogP contribution in [0.2, 0.25) is 10.0 Å². The van der Waals surface area contributed by atoms with Crippen LogP contribution in [-0.2, 0) is 26.5 Å². The molecule has 1 fully saturated rings. The number of rotatable bonds is 7. The topological polar surface area (TPSA) is 152 Å². The number of carboxylic acids is 1. The molecule has 2 atom stereocenters. The predicted octanol–water partition coefficient (Wildman–Crippen LogP) is 1.52. The summed E-state index contributed by atoms with van der Waals surface area (Å²) in [5, 5.41) is 12.7. The lowest BCUT2D eigenvalue weighted by molar-refractivity contribution is -0.153. The number of anilines is 1. The Morgan fingerprint density at radius 2 is 1.97 bits per heavy atom. The van der Waals surface area contributed by atoms with Crippen molar-refractivity contribution in [1.82, 2.24) is 15.2 Å². The first kappa shape index (κ1) is 22.8. The number of amides is 2. The molecule has 1 aliphatic rings. The van der Waals surface area contributed by atoms with Gasteiger partial charge in [-0.15, -0.1) is 0 Å². The molecule has 0 aliphatic carbocycles. The number of nitrogens with one attached hydrogen (secondary N) is 1. The van der Waals surface area contributed by atoms with Gasteiger partial charge in [0.05, 0.1) is 10.0 Å². The summed E-state index contributed by atoms with van der Waals surface area (Å²) in [4.78, 5) is 43.6. The predicted molar refractivity (Wildman–Crippen MR) is 115 cm³/mol. The maximum absolute atomic E-state index is 13.5. The number of pyridine rings is 1. The second kappa shape index (κ2) is 9.09. The van der Waals surface area contributed by atoms with E-state index in [0.29, 0.717) is 17.8 Å². The molecule has 9 nitrogen and oxygen atoms in total. The third-order valence-electron chi connectivity index (χ3n) is 5.29. The molecule has 2 amide bonds. The van der Waals surface area contributed by atoms with Crippen molar-refractivity contribution in [2.75, 3.05) is 12.3 Å². The van der Waals surface area contributed by atoms with E-state index in [9.17, 15) is 19.5 Å². The minimum absolute atomic E-state index is 0.0219. The van der Waals surface area contributed by atoms with Gasteiger partial charge >= 0.3 is 5.97 Å². The Morgan fingerprint density at radius 3 is 2.55 bits per heavy atom. The fraction of sp³-hybridized carbons (Fsp3) is 0.300. The Kier molecular flexibility index (Phi) is 6.68. The van der Waals surface area contributed by atoms with Gasteiger partial charge in [-0.3, -0.25) is 19.3 Å². The summed E-state index contributed by atoms with van der Waals surface area (Å²) < 4.78 is 0. The molecule has 0 bridgehead atoms. The number of carbonyl (C=O) groups is 3. The number of primary amides is 1. The number of carboxylic acid groups (broad SMARTS) is 1. The summed E-state index contributed by atoms with van der Waals surface area (Å²) in [5.74, 6) is -2.63. The highest BCUT2D eigenvalue weighted by molar-refractivity contribution is 6.42. The monoisotopic (exact) mass is 465 g/mol. The van der Waals surface area contributed by atoms with Gasteiger partial charge in [-0.2, -0.15) is 0 Å². The molecule has 1 aromatic carbocycles. The van der Waals surface area contributed by atoms with Crippen molar-refractivity contribution in [3.63, 3.8) is 0 Å². The summed E-state index contributed by atoms with van der Waals surface area (Å²) in [5.41, 5.74) is 10.0. The molecule has 1 aliphatic heterocycles. The number of carbonyl (C=O) groups excluding carboxylic acids is 2. The molecule has 3 rings (SSSR count). The molecule has 0 unspecified atom stereocenters. The summed E-state index contributed by atoms with van der Waals surface area (Å²) in [6, 6.07) is 6.40. The van der Waals surface area contributed by atoms with Crippen LogP contribution in [0, 0.1) is 0 Å². The van der Waals surface area contributed by atoms with Gasteiger partial charge in [-0.05, 0) is 42.2 Å². The molecule has 11 heteroatoms. The van der Waals surface area contributed by atoms with E-state index in [1.54, 1.807) is 12.1 Å². The number of likely N-dealkylation sites (tertiary alicyclic amines) is 1. The average Bonchev–Trinajstić information content (AvgIpc) is 3.21. The number of benzene rings is 1. The van der Waals surface area contributed by atoms with Crippen molar-refractivity contribution < 1.29 is 19.5 Å². The second-order valence-corrected chi connectivity index (χ2v) is 7.98. The van der Waals surface area contributed by atoms with Crippen molar-refractivity contribution in [3.05, 3.63) is 57.7 Å². The highest BCUT2D eigenvalue weighted by atomic mass is 35.5. The highest BCUT2D eigenvalue weighted by Crippen LogP contribution is 2.38. The zero-order valence-electron chi connectivity index (χ0n) is 16.3. The van der Waals surface area contributed by atoms with Crippen LogP contribution in [0.1, 0.15) is 24.0 Å². The van der Waals surface area contributed by atoms with Crippen molar-refractivity contribution in [2.24, 2.45) is 5.73 Å². The van der Waals surface area contributed by atoms with E-state index < -0.39 is 29.4 Å². The van der Waals surface area contributed by atoms with Crippen LogP contribution in [0.4, 0.5) is 5.82 Å². The first-order chi connectivity index (χ1) is 14.7. The van der Waals surface area contributed by atoms with E-state index in [4.69, 9.17) is 34.7 Å². The van der Waals surface area contributed by atoms with E-state index in [1.807, 2.05) is 0 Å². The molecule has 0 saturated carbocycles. The van der Waals surface area contributed by atoms with Crippen LogP contribution in [0.15, 0.2) is 36.5 Å². The summed E-state index contributed by atoms with van der Waals surface area (Å²) in [7, 11) is 0. The Bertz CT molecular complexity index is 1020. The molecular weight excluding hydrogens is 445 g/mol. The van der Waals surface area contributed by atoms with Gasteiger partial charge in [0, 0.05) is 19.3 Å². The van der Waals surface area contributed by atoms with Crippen LogP contribution in [0.25, 0.3) is 0 Å². The van der Waals surface area contributed by atoms with Crippen molar-refractivity contribution >= 4 is 46.8 Å². The largest absolute Gasteiger partial charge is 0.480 e. The van der Waals surface area contributed by atoms with Gasteiger partial charge < -0.3 is 21.9 Å². The van der Waals surface area contributed by atoms with E-state index in [0.717, 1.165) is 0 Å². The number of hydrogen-bond donors (Lipinski definition) is 4. The SMILES string of the molecule is NC(=O)[C@](C(=O)NCc1ccc(N)nc1)(c1ccc(Cl)c(Cl)c1)N1CCC[C@@H]1C(=O)O. The van der Waals surface area contributed by atoms with Gasteiger partial charge in [0.25, 0.3) is 11.8 Å². The first-order valence-electron chi connectivity index (χ1n) is 9.41. The summed E-state index contributed by atoms with van der Waals surface area (Å²) >= 11 is 12.2. The number of aliphatic carboxylic acids is 1. The molecule has 164 valence electrons. The lowest BCUT2D eigenvalue weighted by Crippen LogP contribution is -2.65. The van der Waals surface area contributed by atoms with Crippen LogP contribution in [0.5, 0.6) is 0 Å². The number of halogens is 2. The van der Waals surface area contributed by atoms with E-state index in [1.165, 1.54) is 29.3 Å². The van der Waals surface area contributed by atoms with Gasteiger partial charge in [-0.1, -0.05) is 35.3 Å². The van der Waals surface area contributed by atoms with Crippen molar-refractivity contribution in [2.45, 2.75) is 31.0 Å². The zero-order chi connectivity index (χ0) is 22.8. The normalized spacial score (nSPS) is 18.3. The Labute approximate surface area is 188 Å². The van der Waals surface area contributed by atoms with E-state index in [-0.39, 0.29) is 35.1 Å². The van der Waals surface area contributed by atoms with Crippen molar-refractivity contribution in [3.8, 4) is 0 Å². The molecule has 0 radical (unpaired) electrons. The molecule has 2 aromatic rings. The fourth-order valence-corrected chi connectivity index (χ4v) is 4.12. The van der Waals surface area contributed by atoms with Crippen LogP contribution in [0.3, 0.4) is 0 Å². The smallest absolute Gasteiger partial charge is 0.320 e. The minimum atomic E-state index is -2.10. The summed E-state index contributed by atoms with van der Waals surface area (Å²) in [6.07, 6.45) is 2.22. The standard InChI is InChI=1S/C20H21Cl2N5O4/c21-13-5-4-12(8-14(13)22)20(18(24)30,27-7-1-2-15(27)17(28)29)19(31)26-10-11-3-6-16(23)25-9-11/h3-6,8-9,15H,1-2,7,10H2,(H2,23,25)(H2,24,30)(H,26,31)(H,28,29)/t15-,20+/m1/s1. The molecule has 2 heterocycles. The molecule has 0 spiro atoms. The van der Waals surface area contributed by atoms with Crippen molar-refractivity contribution in [1.29, 1.82) is 0 Å². The maximum Gasteiger partial charge on any atom is 0.320 e. The number of hydrogen-bond acceptors (Lipinski definition) is 6. The average molecular weight is 466 g/mol. The third kappa shape index (κ3) is 4.30. The Morgan fingerprint density at radius 1 is 1.23 bits per heavy atom. The van der Waals surface area contributed by atoms with E-state index in [2.05, 4.69) is 10.3 Å². The molecule has 31 heavy (non-hydrogen) atoms. The fourth-order valence-electron chi connectivity index (χ4n) is 3.82. The van der Waals surface area contributed by atoms with Gasteiger partial charge in [0.1, 0.15) is 11.9 Å². The maximum atomic E-state index is 13.5. The quantitative estimate of drug-likeness (QED) is 0.452. The lowest BCUT2D eigenvalue weighted by Gasteiger charge is -2.40. The second-order valence-electron chi connectivity index (χ2n) is 7.17. The number of nitrogen functional groups attached to an aromatic ring is 1. The molecular formula is C20H21Cl2N5O4. The molecule has 1 saturated heterocycles.